The Balaban J connectivity index is 2.62. The molecule has 0 aromatic heterocycles. The van der Waals surface area contributed by atoms with Crippen molar-refractivity contribution in [2.24, 2.45) is 0 Å². The maximum atomic E-state index is 12.0. The molecule has 0 aliphatic carbocycles. The van der Waals surface area contributed by atoms with Crippen molar-refractivity contribution in [1.82, 2.24) is 0 Å². The first-order valence-electron chi connectivity index (χ1n) is 7.15. The Morgan fingerprint density at radius 1 is 1.13 bits per heavy atom. The number of non-ortho nitro benzene ring substituents is 1. The lowest BCUT2D eigenvalue weighted by molar-refractivity contribution is -0.384. The summed E-state index contributed by atoms with van der Waals surface area (Å²) >= 11 is 0. The lowest BCUT2D eigenvalue weighted by Crippen LogP contribution is -2.41. The van der Waals surface area contributed by atoms with Crippen LogP contribution in [0.15, 0.2) is 29.2 Å². The van der Waals surface area contributed by atoms with Gasteiger partial charge in [0, 0.05) is 12.1 Å². The second-order valence-electron chi connectivity index (χ2n) is 6.64. The molecule has 23 heavy (non-hydrogen) atoms. The van der Waals surface area contributed by atoms with Gasteiger partial charge in [0.25, 0.3) is 15.8 Å². The lowest BCUT2D eigenvalue weighted by Gasteiger charge is -2.36. The van der Waals surface area contributed by atoms with Gasteiger partial charge in [0.2, 0.25) is 0 Å². The number of benzene rings is 1. The van der Waals surface area contributed by atoms with Crippen molar-refractivity contribution in [3.05, 3.63) is 34.4 Å². The van der Waals surface area contributed by atoms with Crippen molar-refractivity contribution in [3.8, 4) is 0 Å². The third-order valence-electron chi connectivity index (χ3n) is 3.93. The van der Waals surface area contributed by atoms with Gasteiger partial charge in [0.1, 0.15) is 0 Å². The number of nitro groups is 1. The van der Waals surface area contributed by atoms with E-state index in [1.165, 1.54) is 0 Å². The van der Waals surface area contributed by atoms with Crippen molar-refractivity contribution in [2.75, 3.05) is 13.2 Å². The predicted molar refractivity (Wildman–Crippen MR) is 89.4 cm³/mol. The van der Waals surface area contributed by atoms with Gasteiger partial charge in [-0.1, -0.05) is 20.8 Å². The summed E-state index contributed by atoms with van der Waals surface area (Å²) < 4.78 is 34.8. The molecule has 0 spiro atoms. The van der Waals surface area contributed by atoms with Gasteiger partial charge in [0.05, 0.1) is 23.0 Å². The van der Waals surface area contributed by atoms with Crippen LogP contribution in [0.5, 0.6) is 0 Å². The fourth-order valence-corrected chi connectivity index (χ4v) is 3.38. The Kier molecular flexibility index (Phi) is 6.08. The van der Waals surface area contributed by atoms with Crippen LogP contribution < -0.4 is 0 Å². The molecule has 0 aliphatic heterocycles. The van der Waals surface area contributed by atoms with E-state index in [0.717, 1.165) is 24.3 Å². The average Bonchev–Trinajstić information content (AvgIpc) is 2.42. The standard InChI is InChI=1S/C14H23NO6SSi/c1-14(2,3)23(4,5)21-11-10-20-22(18,19)13-8-6-12(7-9-13)15(16)17/h6-9H,10-11H2,1-5H3. The van der Waals surface area contributed by atoms with E-state index in [2.05, 4.69) is 33.9 Å². The number of nitro benzene ring substituents is 1. The first-order valence-corrected chi connectivity index (χ1v) is 11.5. The highest BCUT2D eigenvalue weighted by Gasteiger charge is 2.37. The second-order valence-corrected chi connectivity index (χ2v) is 13.1. The predicted octanol–water partition coefficient (Wildman–Crippen LogP) is 3.32. The Labute approximate surface area is 138 Å². The summed E-state index contributed by atoms with van der Waals surface area (Å²) in [6.07, 6.45) is 0. The van der Waals surface area contributed by atoms with E-state index in [-0.39, 0.29) is 28.8 Å². The molecule has 0 fully saturated rings. The summed E-state index contributed by atoms with van der Waals surface area (Å²) in [5.41, 5.74) is -0.176. The van der Waals surface area contributed by atoms with Gasteiger partial charge in [-0.05, 0) is 30.3 Å². The number of rotatable bonds is 7. The highest BCUT2D eigenvalue weighted by Crippen LogP contribution is 2.36. The van der Waals surface area contributed by atoms with Crippen molar-refractivity contribution in [2.45, 2.75) is 43.8 Å². The molecule has 1 rings (SSSR count). The van der Waals surface area contributed by atoms with Gasteiger partial charge < -0.3 is 4.43 Å². The zero-order chi connectivity index (χ0) is 17.9. The van der Waals surface area contributed by atoms with Gasteiger partial charge >= 0.3 is 0 Å². The zero-order valence-corrected chi connectivity index (χ0v) is 15.8. The van der Waals surface area contributed by atoms with Crippen LogP contribution in [0.4, 0.5) is 5.69 Å². The molecule has 0 unspecified atom stereocenters. The summed E-state index contributed by atoms with van der Waals surface area (Å²) in [7, 11) is -5.89. The summed E-state index contributed by atoms with van der Waals surface area (Å²) in [4.78, 5) is 9.85. The number of nitrogens with zero attached hydrogens (tertiary/aromatic N) is 1. The van der Waals surface area contributed by atoms with Crippen molar-refractivity contribution in [3.63, 3.8) is 0 Å². The third-order valence-corrected chi connectivity index (χ3v) is 9.79. The maximum Gasteiger partial charge on any atom is 0.297 e. The fourth-order valence-electron chi connectivity index (χ4n) is 1.46. The second kappa shape index (κ2) is 7.08. The molecule has 0 atom stereocenters. The lowest BCUT2D eigenvalue weighted by atomic mass is 10.2. The van der Waals surface area contributed by atoms with Gasteiger partial charge in [0.15, 0.2) is 8.32 Å². The van der Waals surface area contributed by atoms with Crippen LogP contribution in [0.2, 0.25) is 18.1 Å². The Hall–Kier alpha value is -1.29. The maximum absolute atomic E-state index is 12.0. The van der Waals surface area contributed by atoms with E-state index in [1.807, 2.05) is 0 Å². The van der Waals surface area contributed by atoms with E-state index in [9.17, 15) is 18.5 Å². The van der Waals surface area contributed by atoms with E-state index in [1.54, 1.807) is 0 Å². The Bertz CT molecular complexity index is 649. The molecule has 0 heterocycles. The van der Waals surface area contributed by atoms with Crippen molar-refractivity contribution < 1.29 is 22.0 Å². The normalized spacial score (nSPS) is 13.1. The van der Waals surface area contributed by atoms with Crippen LogP contribution in [0.1, 0.15) is 20.8 Å². The molecular weight excluding hydrogens is 338 g/mol. The van der Waals surface area contributed by atoms with Crippen LogP contribution in [0, 0.1) is 10.1 Å². The van der Waals surface area contributed by atoms with Gasteiger partial charge in [-0.2, -0.15) is 8.42 Å². The summed E-state index contributed by atoms with van der Waals surface area (Å²) in [5.74, 6) is 0. The van der Waals surface area contributed by atoms with E-state index < -0.39 is 23.4 Å². The minimum absolute atomic E-state index is 0.0320. The quantitative estimate of drug-likeness (QED) is 0.243. The molecule has 1 aromatic rings. The summed E-state index contributed by atoms with van der Waals surface area (Å²) in [6, 6.07) is 4.56. The average molecular weight is 361 g/mol. The van der Waals surface area contributed by atoms with Gasteiger partial charge in [-0.15, -0.1) is 0 Å². The molecule has 0 amide bonds. The summed E-state index contributed by atoms with van der Waals surface area (Å²) in [5, 5.41) is 10.6. The molecule has 130 valence electrons. The molecule has 9 heteroatoms. The molecule has 7 nitrogen and oxygen atoms in total. The SMILES string of the molecule is CC(C)(C)[Si](C)(C)OCCOS(=O)(=O)c1ccc([N+](=O)[O-])cc1. The van der Waals surface area contributed by atoms with Gasteiger partial charge in [-0.3, -0.25) is 14.3 Å². The monoisotopic (exact) mass is 361 g/mol. The molecule has 0 saturated heterocycles. The smallest absolute Gasteiger partial charge is 0.297 e. The molecule has 0 aliphatic rings. The van der Waals surface area contributed by atoms with Crippen LogP contribution >= 0.6 is 0 Å². The van der Waals surface area contributed by atoms with Crippen LogP contribution in [0.3, 0.4) is 0 Å². The van der Waals surface area contributed by atoms with E-state index >= 15 is 0 Å². The largest absolute Gasteiger partial charge is 0.414 e. The minimum Gasteiger partial charge on any atom is -0.414 e. The molecule has 0 bridgehead atoms. The van der Waals surface area contributed by atoms with Crippen LogP contribution in [-0.2, 0) is 18.7 Å². The molecule has 0 saturated carbocycles. The number of hydrogen-bond acceptors (Lipinski definition) is 6. The number of hydrogen-bond donors (Lipinski definition) is 0. The highest BCUT2D eigenvalue weighted by molar-refractivity contribution is 7.86. The molecule has 0 radical (unpaired) electrons. The summed E-state index contributed by atoms with van der Waals surface area (Å²) in [6.45, 7) is 10.5. The van der Waals surface area contributed by atoms with Crippen LogP contribution in [0.25, 0.3) is 0 Å². The fraction of sp³-hybridized carbons (Fsp3) is 0.571. The zero-order valence-electron chi connectivity index (χ0n) is 14.0. The highest BCUT2D eigenvalue weighted by atomic mass is 32.2. The van der Waals surface area contributed by atoms with Crippen molar-refractivity contribution in [1.29, 1.82) is 0 Å². The van der Waals surface area contributed by atoms with E-state index in [0.29, 0.717) is 0 Å². The molecule has 0 N–H and O–H groups in total. The minimum atomic E-state index is -3.94. The van der Waals surface area contributed by atoms with E-state index in [4.69, 9.17) is 8.61 Å². The molecular formula is C14H23NO6SSi. The Morgan fingerprint density at radius 3 is 2.09 bits per heavy atom. The first kappa shape index (κ1) is 19.8. The van der Waals surface area contributed by atoms with Crippen LogP contribution in [-0.4, -0.2) is 34.9 Å². The first-order chi connectivity index (χ1) is 10.4. The van der Waals surface area contributed by atoms with Crippen molar-refractivity contribution >= 4 is 24.1 Å². The van der Waals surface area contributed by atoms with Gasteiger partial charge in [-0.25, -0.2) is 0 Å². The Morgan fingerprint density at radius 2 is 1.65 bits per heavy atom. The third kappa shape index (κ3) is 5.38. The topological polar surface area (TPSA) is 95.7 Å². The molecule has 1 aromatic carbocycles.